The van der Waals surface area contributed by atoms with Crippen molar-refractivity contribution in [1.29, 1.82) is 0 Å². The highest BCUT2D eigenvalue weighted by Gasteiger charge is 2.28. The molecular weight excluding hydrogens is 349 g/mol. The van der Waals surface area contributed by atoms with Crippen molar-refractivity contribution in [3.8, 4) is 5.75 Å². The molecule has 26 heavy (non-hydrogen) atoms. The number of nitrogens with one attached hydrogen (secondary N) is 3. The molecule has 3 N–H and O–H groups in total. The van der Waals surface area contributed by atoms with Gasteiger partial charge >= 0.3 is 6.18 Å². The van der Waals surface area contributed by atoms with Crippen LogP contribution in [0.4, 0.5) is 13.2 Å². The first kappa shape index (κ1) is 21.6. The Balaban J connectivity index is 2.53. The second kappa shape index (κ2) is 11.2. The summed E-state index contributed by atoms with van der Waals surface area (Å²) in [7, 11) is 0. The van der Waals surface area contributed by atoms with Crippen molar-refractivity contribution >= 4 is 11.9 Å². The van der Waals surface area contributed by atoms with Gasteiger partial charge in [0.05, 0.1) is 13.1 Å². The normalized spacial score (nSPS) is 11.8. The summed E-state index contributed by atoms with van der Waals surface area (Å²) < 4.78 is 41.0. The fraction of sp³-hybridized carbons (Fsp3) is 0.529. The van der Waals surface area contributed by atoms with Gasteiger partial charge in [-0.25, -0.2) is 4.99 Å². The lowest BCUT2D eigenvalue weighted by Crippen LogP contribution is -2.43. The van der Waals surface area contributed by atoms with Gasteiger partial charge in [0.15, 0.2) is 12.6 Å². The average Bonchev–Trinajstić information content (AvgIpc) is 2.60. The van der Waals surface area contributed by atoms with E-state index in [-0.39, 0.29) is 18.2 Å². The molecule has 1 aromatic rings. The summed E-state index contributed by atoms with van der Waals surface area (Å²) in [5.74, 6) is 0.507. The van der Waals surface area contributed by atoms with E-state index in [9.17, 15) is 18.0 Å². The van der Waals surface area contributed by atoms with Gasteiger partial charge < -0.3 is 20.7 Å². The molecule has 0 aromatic heterocycles. The van der Waals surface area contributed by atoms with E-state index in [1.165, 1.54) is 12.1 Å². The maximum Gasteiger partial charge on any atom is 0.422 e. The van der Waals surface area contributed by atoms with Gasteiger partial charge in [-0.2, -0.15) is 13.2 Å². The first-order valence-electron chi connectivity index (χ1n) is 8.41. The van der Waals surface area contributed by atoms with Crippen LogP contribution in [-0.2, 0) is 11.3 Å². The minimum Gasteiger partial charge on any atom is -0.484 e. The van der Waals surface area contributed by atoms with Crippen molar-refractivity contribution in [2.24, 2.45) is 4.99 Å². The van der Waals surface area contributed by atoms with Crippen LogP contribution in [0.3, 0.4) is 0 Å². The summed E-state index contributed by atoms with van der Waals surface area (Å²) >= 11 is 0. The standard InChI is InChI=1S/C17H25F3N4O2/c1-3-9-22-15(25)11-24-16(21-4-2)23-10-13-5-7-14(8-6-13)26-12-17(18,19)20/h5-8H,3-4,9-12H2,1-2H3,(H,22,25)(H2,21,23,24). The molecule has 1 aromatic carbocycles. The molecule has 0 aliphatic heterocycles. The smallest absolute Gasteiger partial charge is 0.422 e. The third-order valence-corrected chi connectivity index (χ3v) is 3.08. The lowest BCUT2D eigenvalue weighted by molar-refractivity contribution is -0.153. The van der Waals surface area contributed by atoms with Crippen LogP contribution in [-0.4, -0.2) is 44.3 Å². The number of ether oxygens (including phenoxy) is 1. The molecule has 0 bridgehead atoms. The first-order valence-corrected chi connectivity index (χ1v) is 8.41. The van der Waals surface area contributed by atoms with Crippen LogP contribution in [0.5, 0.6) is 5.75 Å². The molecule has 0 saturated carbocycles. The molecule has 0 fully saturated rings. The number of guanidine groups is 1. The SMILES string of the molecule is CCCNC(=O)CNC(=NCc1ccc(OCC(F)(F)F)cc1)NCC. The highest BCUT2D eigenvalue weighted by atomic mass is 19.4. The van der Waals surface area contributed by atoms with Crippen LogP contribution in [0.1, 0.15) is 25.8 Å². The van der Waals surface area contributed by atoms with Crippen molar-refractivity contribution in [2.75, 3.05) is 26.2 Å². The van der Waals surface area contributed by atoms with E-state index in [4.69, 9.17) is 0 Å². The number of carbonyl (C=O) groups excluding carboxylic acids is 1. The Kier molecular flexibility index (Phi) is 9.32. The van der Waals surface area contributed by atoms with Crippen LogP contribution in [0.15, 0.2) is 29.3 Å². The van der Waals surface area contributed by atoms with E-state index in [1.54, 1.807) is 12.1 Å². The van der Waals surface area contributed by atoms with Crippen molar-refractivity contribution in [3.63, 3.8) is 0 Å². The third kappa shape index (κ3) is 9.75. The highest BCUT2D eigenvalue weighted by Crippen LogP contribution is 2.19. The molecule has 0 aliphatic rings. The number of hydrogen-bond acceptors (Lipinski definition) is 3. The van der Waals surface area contributed by atoms with Gasteiger partial charge in [-0.05, 0) is 31.0 Å². The lowest BCUT2D eigenvalue weighted by Gasteiger charge is -2.12. The number of hydrogen-bond donors (Lipinski definition) is 3. The van der Waals surface area contributed by atoms with Crippen molar-refractivity contribution in [1.82, 2.24) is 16.0 Å². The summed E-state index contributed by atoms with van der Waals surface area (Å²) in [6.45, 7) is 4.23. The molecular formula is C17H25F3N4O2. The Morgan fingerprint density at radius 2 is 1.81 bits per heavy atom. The number of nitrogens with zero attached hydrogens (tertiary/aromatic N) is 1. The van der Waals surface area contributed by atoms with E-state index < -0.39 is 12.8 Å². The van der Waals surface area contributed by atoms with Crippen LogP contribution in [0.25, 0.3) is 0 Å². The largest absolute Gasteiger partial charge is 0.484 e. The summed E-state index contributed by atoms with van der Waals surface area (Å²) in [6.07, 6.45) is -3.50. The molecule has 6 nitrogen and oxygen atoms in total. The number of benzene rings is 1. The van der Waals surface area contributed by atoms with Gasteiger partial charge in [0.2, 0.25) is 5.91 Å². The topological polar surface area (TPSA) is 74.8 Å². The van der Waals surface area contributed by atoms with Gasteiger partial charge in [0, 0.05) is 13.1 Å². The Labute approximate surface area is 151 Å². The van der Waals surface area contributed by atoms with E-state index in [0.29, 0.717) is 25.6 Å². The van der Waals surface area contributed by atoms with E-state index in [0.717, 1.165) is 12.0 Å². The second-order valence-electron chi connectivity index (χ2n) is 5.45. The van der Waals surface area contributed by atoms with Crippen molar-refractivity contribution < 1.29 is 22.7 Å². The molecule has 146 valence electrons. The average molecular weight is 374 g/mol. The number of alkyl halides is 3. The highest BCUT2D eigenvalue weighted by molar-refractivity contribution is 5.86. The van der Waals surface area contributed by atoms with E-state index >= 15 is 0 Å². The molecule has 0 unspecified atom stereocenters. The molecule has 0 spiro atoms. The maximum absolute atomic E-state index is 12.1. The van der Waals surface area contributed by atoms with Gasteiger partial charge in [-0.3, -0.25) is 4.79 Å². The van der Waals surface area contributed by atoms with E-state index in [2.05, 4.69) is 25.7 Å². The Morgan fingerprint density at radius 1 is 1.12 bits per heavy atom. The van der Waals surface area contributed by atoms with Crippen LogP contribution >= 0.6 is 0 Å². The van der Waals surface area contributed by atoms with Crippen LogP contribution in [0.2, 0.25) is 0 Å². The molecule has 9 heteroatoms. The quantitative estimate of drug-likeness (QED) is 0.458. The van der Waals surface area contributed by atoms with Crippen LogP contribution in [0, 0.1) is 0 Å². The van der Waals surface area contributed by atoms with Gasteiger partial charge in [0.25, 0.3) is 0 Å². The Morgan fingerprint density at radius 3 is 2.38 bits per heavy atom. The Bertz CT molecular complexity index is 574. The maximum atomic E-state index is 12.1. The Hall–Kier alpha value is -2.45. The zero-order chi connectivity index (χ0) is 19.4. The number of rotatable bonds is 9. The number of aliphatic imine (C=N–C) groups is 1. The summed E-state index contributed by atoms with van der Waals surface area (Å²) in [4.78, 5) is 15.9. The molecule has 1 rings (SSSR count). The van der Waals surface area contributed by atoms with Crippen molar-refractivity contribution in [3.05, 3.63) is 29.8 Å². The predicted molar refractivity (Wildman–Crippen MR) is 94.1 cm³/mol. The number of carbonyl (C=O) groups is 1. The minimum absolute atomic E-state index is 0.107. The third-order valence-electron chi connectivity index (χ3n) is 3.08. The fourth-order valence-electron chi connectivity index (χ4n) is 1.86. The van der Waals surface area contributed by atoms with Gasteiger partial charge in [-0.1, -0.05) is 19.1 Å². The summed E-state index contributed by atoms with van der Waals surface area (Å²) in [5, 5.41) is 8.70. The fourth-order valence-corrected chi connectivity index (χ4v) is 1.86. The molecule has 0 radical (unpaired) electrons. The zero-order valence-electron chi connectivity index (χ0n) is 14.9. The van der Waals surface area contributed by atoms with Gasteiger partial charge in [0.1, 0.15) is 5.75 Å². The minimum atomic E-state index is -4.36. The molecule has 0 atom stereocenters. The predicted octanol–water partition coefficient (Wildman–Crippen LogP) is 2.21. The van der Waals surface area contributed by atoms with Crippen LogP contribution < -0.4 is 20.7 Å². The van der Waals surface area contributed by atoms with E-state index in [1.807, 2.05) is 13.8 Å². The molecule has 1 amide bonds. The summed E-state index contributed by atoms with van der Waals surface area (Å²) in [5.41, 5.74) is 0.803. The molecule has 0 aliphatic carbocycles. The van der Waals surface area contributed by atoms with Gasteiger partial charge in [-0.15, -0.1) is 0 Å². The second-order valence-corrected chi connectivity index (χ2v) is 5.45. The number of halogens is 3. The first-order chi connectivity index (χ1) is 12.3. The monoisotopic (exact) mass is 374 g/mol. The molecule has 0 saturated heterocycles. The molecule has 0 heterocycles. The zero-order valence-corrected chi connectivity index (χ0v) is 14.9. The summed E-state index contributed by atoms with van der Waals surface area (Å²) in [6, 6.07) is 6.23. The van der Waals surface area contributed by atoms with Crippen molar-refractivity contribution in [2.45, 2.75) is 33.0 Å². The lowest BCUT2D eigenvalue weighted by atomic mass is 10.2. The number of amides is 1.